The Balaban J connectivity index is 0. The maximum atomic E-state index is 12.7. The van der Waals surface area contributed by atoms with Gasteiger partial charge in [0.25, 0.3) is 5.91 Å². The van der Waals surface area contributed by atoms with E-state index in [2.05, 4.69) is 36.1 Å². The van der Waals surface area contributed by atoms with Gasteiger partial charge in [-0.25, -0.2) is 0 Å². The lowest BCUT2D eigenvalue weighted by Gasteiger charge is -2.23. The van der Waals surface area contributed by atoms with Crippen LogP contribution in [0.3, 0.4) is 0 Å². The van der Waals surface area contributed by atoms with Gasteiger partial charge in [-0.1, -0.05) is 59.3 Å². The van der Waals surface area contributed by atoms with Gasteiger partial charge in [-0.3, -0.25) is 19.4 Å². The lowest BCUT2D eigenvalue weighted by Crippen LogP contribution is -2.50. The summed E-state index contributed by atoms with van der Waals surface area (Å²) < 4.78 is 4.84. The van der Waals surface area contributed by atoms with Crippen molar-refractivity contribution >= 4 is 29.7 Å². The van der Waals surface area contributed by atoms with E-state index in [4.69, 9.17) is 10.1 Å². The number of hydrogen-bond donors (Lipinski definition) is 3. The fourth-order valence-corrected chi connectivity index (χ4v) is 3.19. The molecule has 0 aliphatic heterocycles. The molecule has 0 bridgehead atoms. The van der Waals surface area contributed by atoms with Crippen LogP contribution in [0.2, 0.25) is 0 Å². The Morgan fingerprint density at radius 2 is 1.68 bits per heavy atom. The molecule has 0 aromatic rings. The average molecular weight is 533 g/mol. The SMILES string of the molecule is C=C/C(C)=C\N=CC(C)CC.CCC/C(C)=C(\C(C)=N)C(=O)NC(C(=O)NCCCC(=O)OCC)C(C)C. The van der Waals surface area contributed by atoms with Gasteiger partial charge >= 0.3 is 5.97 Å². The molecule has 0 aliphatic carbocycles. The summed E-state index contributed by atoms with van der Waals surface area (Å²) in [6.45, 7) is 21.5. The van der Waals surface area contributed by atoms with E-state index in [1.54, 1.807) is 19.9 Å². The minimum absolute atomic E-state index is 0.113. The van der Waals surface area contributed by atoms with Crippen molar-refractivity contribution in [1.82, 2.24) is 10.6 Å². The molecular formula is C30H52N4O4. The maximum Gasteiger partial charge on any atom is 0.305 e. The van der Waals surface area contributed by atoms with Crippen LogP contribution in [0.25, 0.3) is 0 Å². The van der Waals surface area contributed by atoms with E-state index in [-0.39, 0.29) is 29.9 Å². The van der Waals surface area contributed by atoms with Crippen LogP contribution < -0.4 is 10.6 Å². The van der Waals surface area contributed by atoms with E-state index in [9.17, 15) is 14.4 Å². The van der Waals surface area contributed by atoms with Gasteiger partial charge in [0.2, 0.25) is 5.91 Å². The van der Waals surface area contributed by atoms with Gasteiger partial charge in [0, 0.05) is 31.1 Å². The number of allylic oxidation sites excluding steroid dienone is 3. The van der Waals surface area contributed by atoms with Crippen LogP contribution in [0.4, 0.5) is 0 Å². The van der Waals surface area contributed by atoms with Gasteiger partial charge in [0.15, 0.2) is 0 Å². The Bertz CT molecular complexity index is 856. The Hall–Kier alpha value is -3.03. The van der Waals surface area contributed by atoms with Crippen molar-refractivity contribution in [3.63, 3.8) is 0 Å². The van der Waals surface area contributed by atoms with Gasteiger partial charge in [-0.05, 0) is 64.4 Å². The molecule has 3 N–H and O–H groups in total. The Labute approximate surface area is 231 Å². The lowest BCUT2D eigenvalue weighted by atomic mass is 9.98. The van der Waals surface area contributed by atoms with Crippen LogP contribution in [0, 0.1) is 17.2 Å². The summed E-state index contributed by atoms with van der Waals surface area (Å²) in [4.78, 5) is 40.6. The molecule has 2 amide bonds. The number of amides is 2. The minimum atomic E-state index is -0.705. The first-order valence-corrected chi connectivity index (χ1v) is 13.7. The molecule has 0 aliphatic rings. The predicted molar refractivity (Wildman–Crippen MR) is 159 cm³/mol. The summed E-state index contributed by atoms with van der Waals surface area (Å²) in [5, 5.41) is 13.4. The molecule has 38 heavy (non-hydrogen) atoms. The van der Waals surface area contributed by atoms with Crippen LogP contribution in [-0.2, 0) is 19.1 Å². The highest BCUT2D eigenvalue weighted by molar-refractivity contribution is 6.20. The average Bonchev–Trinajstić information content (AvgIpc) is 2.85. The summed E-state index contributed by atoms with van der Waals surface area (Å²) in [5.74, 6) is -0.518. The number of hydrogen-bond acceptors (Lipinski definition) is 6. The lowest BCUT2D eigenvalue weighted by molar-refractivity contribution is -0.143. The molecule has 0 aromatic carbocycles. The highest BCUT2D eigenvalue weighted by Crippen LogP contribution is 2.13. The standard InChI is InChI=1S/C20H35N3O4.C10H17N/c1-7-10-14(5)17(15(6)21)19(25)23-18(13(3)4)20(26)22-12-9-11-16(24)27-8-2;1-5-9(3)7-11-8-10(4)6-2/h13,18,21H,7-12H2,1-6H3,(H,22,26)(H,23,25);5,7-8,10H,1,6H2,2-4H3/b17-14+,21-15?;9-7-,11-8?. The third-order valence-electron chi connectivity index (χ3n) is 5.64. The number of nitrogens with zero attached hydrogens (tertiary/aromatic N) is 1. The van der Waals surface area contributed by atoms with E-state index < -0.39 is 11.9 Å². The third kappa shape index (κ3) is 17.4. The summed E-state index contributed by atoms with van der Waals surface area (Å²) in [6, 6.07) is -0.705. The third-order valence-corrected chi connectivity index (χ3v) is 5.64. The van der Waals surface area contributed by atoms with Gasteiger partial charge in [-0.2, -0.15) is 0 Å². The molecule has 0 spiro atoms. The number of carbonyl (C=O) groups is 3. The fraction of sp³-hybridized carbons (Fsp3) is 0.633. The van der Waals surface area contributed by atoms with Gasteiger partial charge in [-0.15, -0.1) is 0 Å². The predicted octanol–water partition coefficient (Wildman–Crippen LogP) is 5.94. The molecule has 0 radical (unpaired) electrons. The molecule has 2 unspecified atom stereocenters. The smallest absolute Gasteiger partial charge is 0.305 e. The highest BCUT2D eigenvalue weighted by Gasteiger charge is 2.26. The van der Waals surface area contributed by atoms with Gasteiger partial charge < -0.3 is 20.8 Å². The molecule has 8 heteroatoms. The largest absolute Gasteiger partial charge is 0.466 e. The summed E-state index contributed by atoms with van der Waals surface area (Å²) >= 11 is 0. The Morgan fingerprint density at radius 3 is 2.16 bits per heavy atom. The zero-order valence-electron chi connectivity index (χ0n) is 25.2. The maximum absolute atomic E-state index is 12.7. The number of rotatable bonds is 16. The van der Waals surface area contributed by atoms with Crippen molar-refractivity contribution < 1.29 is 19.1 Å². The fourth-order valence-electron chi connectivity index (χ4n) is 3.19. The second-order valence-corrected chi connectivity index (χ2v) is 9.69. The van der Waals surface area contributed by atoms with E-state index >= 15 is 0 Å². The van der Waals surface area contributed by atoms with Crippen molar-refractivity contribution in [3.05, 3.63) is 35.6 Å². The van der Waals surface area contributed by atoms with Crippen LogP contribution in [0.5, 0.6) is 0 Å². The molecule has 8 nitrogen and oxygen atoms in total. The van der Waals surface area contributed by atoms with Crippen LogP contribution in [0.1, 0.15) is 94.4 Å². The first-order valence-electron chi connectivity index (χ1n) is 13.7. The van der Waals surface area contributed by atoms with Crippen LogP contribution >= 0.6 is 0 Å². The second-order valence-electron chi connectivity index (χ2n) is 9.69. The van der Waals surface area contributed by atoms with E-state index in [0.717, 1.165) is 30.4 Å². The first kappa shape index (κ1) is 37.1. The second kappa shape index (κ2) is 22.0. The molecule has 0 fully saturated rings. The quantitative estimate of drug-likeness (QED) is 0.0749. The topological polar surface area (TPSA) is 121 Å². The molecule has 0 rings (SSSR count). The van der Waals surface area contributed by atoms with Crippen molar-refractivity contribution in [3.8, 4) is 0 Å². The van der Waals surface area contributed by atoms with Crippen molar-refractivity contribution in [2.45, 2.75) is 100 Å². The zero-order valence-corrected chi connectivity index (χ0v) is 25.2. The molecule has 0 aromatic heterocycles. The minimum Gasteiger partial charge on any atom is -0.466 e. The van der Waals surface area contributed by atoms with Gasteiger partial charge in [0.1, 0.15) is 6.04 Å². The van der Waals surface area contributed by atoms with Crippen LogP contribution in [-0.4, -0.2) is 48.9 Å². The van der Waals surface area contributed by atoms with E-state index in [1.165, 1.54) is 0 Å². The number of nitrogens with one attached hydrogen (secondary N) is 3. The van der Waals surface area contributed by atoms with Crippen molar-refractivity contribution in [2.75, 3.05) is 13.2 Å². The molecule has 0 heterocycles. The monoisotopic (exact) mass is 532 g/mol. The molecule has 0 saturated carbocycles. The number of ether oxygens (including phenoxy) is 1. The highest BCUT2D eigenvalue weighted by atomic mass is 16.5. The Kier molecular flexibility index (Phi) is 21.5. The van der Waals surface area contributed by atoms with Crippen LogP contribution in [0.15, 0.2) is 40.6 Å². The number of esters is 1. The zero-order chi connectivity index (χ0) is 29.7. The van der Waals surface area contributed by atoms with Crippen molar-refractivity contribution in [1.29, 1.82) is 5.41 Å². The normalized spacial score (nSPS) is 13.6. The number of carbonyl (C=O) groups excluding carboxylic acids is 3. The number of aliphatic imine (C=N–C) groups is 1. The molecule has 2 atom stereocenters. The summed E-state index contributed by atoms with van der Waals surface area (Å²) in [5.41, 5.74) is 2.48. The first-order chi connectivity index (χ1) is 17.9. The Morgan fingerprint density at radius 1 is 1.05 bits per heavy atom. The van der Waals surface area contributed by atoms with E-state index in [0.29, 0.717) is 31.1 Å². The van der Waals surface area contributed by atoms with Crippen molar-refractivity contribution in [2.24, 2.45) is 16.8 Å². The van der Waals surface area contributed by atoms with Gasteiger partial charge in [0.05, 0.1) is 12.2 Å². The molecular weight excluding hydrogens is 480 g/mol. The molecule has 0 saturated heterocycles. The molecule has 216 valence electrons. The van der Waals surface area contributed by atoms with E-state index in [1.807, 2.05) is 47.0 Å². The summed E-state index contributed by atoms with van der Waals surface area (Å²) in [6.07, 6.45) is 9.06. The summed E-state index contributed by atoms with van der Waals surface area (Å²) in [7, 11) is 0.